The second-order valence-electron chi connectivity index (χ2n) is 8.34. The Morgan fingerprint density at radius 1 is 0.829 bits per heavy atom. The van der Waals surface area contributed by atoms with Crippen LogP contribution in [0.4, 0.5) is 0 Å². The molecule has 2 aromatic carbocycles. The average molecular weight is 508 g/mol. The van der Waals surface area contributed by atoms with Gasteiger partial charge in [0, 0.05) is 11.5 Å². The zero-order valence-electron chi connectivity index (χ0n) is 19.3. The summed E-state index contributed by atoms with van der Waals surface area (Å²) < 4.78 is 0. The standard InChI is InChI=1S/C12H13N3S.C9H9N3S.C3H7BO2/c1-2-4-10(5-3-1)9-16-12-8-13-15(14-12)11-6-7-11;1-2-4-8(5-3-1)7-13-9-6-10-12-11-9;5-4(6)3-1-2-3/h1-5,8,11H,6-7,9H2;1-6H,7H2,(H,10,11,12);3,5-6H,1-2H2. The highest BCUT2D eigenvalue weighted by molar-refractivity contribution is 7.98. The molecule has 0 radical (unpaired) electrons. The van der Waals surface area contributed by atoms with Crippen molar-refractivity contribution in [2.45, 2.75) is 59.1 Å². The van der Waals surface area contributed by atoms with Crippen molar-refractivity contribution in [3.63, 3.8) is 0 Å². The van der Waals surface area contributed by atoms with E-state index in [0.717, 1.165) is 34.4 Å². The van der Waals surface area contributed by atoms with E-state index < -0.39 is 7.12 Å². The van der Waals surface area contributed by atoms with Crippen LogP contribution in [0.25, 0.3) is 0 Å². The molecule has 35 heavy (non-hydrogen) atoms. The molecule has 0 aliphatic heterocycles. The van der Waals surface area contributed by atoms with E-state index in [1.807, 2.05) is 35.3 Å². The van der Waals surface area contributed by atoms with Crippen LogP contribution in [0.3, 0.4) is 0 Å². The molecule has 2 fully saturated rings. The Kier molecular flexibility index (Phi) is 9.82. The Labute approximate surface area is 214 Å². The van der Waals surface area contributed by atoms with Crippen LogP contribution in [0.5, 0.6) is 0 Å². The molecule has 4 aromatic rings. The molecule has 0 bridgehead atoms. The van der Waals surface area contributed by atoms with E-state index in [1.54, 1.807) is 29.7 Å². The smallest absolute Gasteiger partial charge is 0.427 e. The first-order chi connectivity index (χ1) is 17.2. The molecule has 182 valence electrons. The molecule has 0 atom stereocenters. The molecular formula is C24H29BN6O2S2. The molecule has 0 amide bonds. The second-order valence-corrected chi connectivity index (χ2v) is 10.3. The Morgan fingerprint density at radius 3 is 1.89 bits per heavy atom. The summed E-state index contributed by atoms with van der Waals surface area (Å²) in [6.45, 7) is 0. The van der Waals surface area contributed by atoms with E-state index in [4.69, 9.17) is 10.0 Å². The van der Waals surface area contributed by atoms with E-state index >= 15 is 0 Å². The van der Waals surface area contributed by atoms with E-state index in [2.05, 4.69) is 62.0 Å². The van der Waals surface area contributed by atoms with Crippen molar-refractivity contribution in [1.82, 2.24) is 30.4 Å². The van der Waals surface area contributed by atoms with Crippen LogP contribution in [-0.4, -0.2) is 47.6 Å². The number of nitrogens with one attached hydrogen (secondary N) is 1. The maximum atomic E-state index is 8.25. The van der Waals surface area contributed by atoms with Gasteiger partial charge in [-0.2, -0.15) is 20.2 Å². The van der Waals surface area contributed by atoms with Gasteiger partial charge < -0.3 is 10.0 Å². The third kappa shape index (κ3) is 9.52. The molecule has 2 aliphatic carbocycles. The zero-order chi connectivity index (χ0) is 24.3. The van der Waals surface area contributed by atoms with Gasteiger partial charge in [0.25, 0.3) is 0 Å². The maximum absolute atomic E-state index is 8.25. The zero-order valence-corrected chi connectivity index (χ0v) is 21.0. The maximum Gasteiger partial charge on any atom is 0.454 e. The van der Waals surface area contributed by atoms with Gasteiger partial charge in [-0.15, -0.1) is 10.2 Å². The first-order valence-corrected chi connectivity index (χ1v) is 13.6. The SMILES string of the molecule is OB(O)C1CC1.c1ccc(CSc2cn[nH]n2)cc1.c1ccc(CSc2cnn(C3CC3)n2)cc1. The molecule has 11 heteroatoms. The van der Waals surface area contributed by atoms with Crippen molar-refractivity contribution in [2.24, 2.45) is 0 Å². The second kappa shape index (κ2) is 13.5. The van der Waals surface area contributed by atoms with Crippen molar-refractivity contribution in [1.29, 1.82) is 0 Å². The number of nitrogens with zero attached hydrogens (tertiary/aromatic N) is 5. The number of thioether (sulfide) groups is 2. The Balaban J connectivity index is 0.000000136. The van der Waals surface area contributed by atoms with Crippen molar-refractivity contribution in [3.8, 4) is 0 Å². The lowest BCUT2D eigenvalue weighted by Crippen LogP contribution is -2.09. The fourth-order valence-electron chi connectivity index (χ4n) is 2.93. The number of H-pyrrole nitrogens is 1. The van der Waals surface area contributed by atoms with Crippen molar-refractivity contribution in [2.75, 3.05) is 0 Å². The summed E-state index contributed by atoms with van der Waals surface area (Å²) in [6.07, 6.45) is 8.06. The minimum absolute atomic E-state index is 0.213. The lowest BCUT2D eigenvalue weighted by Gasteiger charge is -1.97. The Morgan fingerprint density at radius 2 is 1.43 bits per heavy atom. The number of rotatable bonds is 8. The number of hydrogen-bond donors (Lipinski definition) is 3. The molecule has 2 heterocycles. The molecule has 0 saturated heterocycles. The first kappa shape index (κ1) is 25.5. The van der Waals surface area contributed by atoms with Crippen molar-refractivity contribution in [3.05, 3.63) is 84.2 Å². The largest absolute Gasteiger partial charge is 0.454 e. The highest BCUT2D eigenvalue weighted by Gasteiger charge is 2.33. The number of benzene rings is 2. The van der Waals surface area contributed by atoms with Crippen LogP contribution < -0.4 is 0 Å². The minimum Gasteiger partial charge on any atom is -0.427 e. The first-order valence-electron chi connectivity index (χ1n) is 11.6. The van der Waals surface area contributed by atoms with Crippen LogP contribution >= 0.6 is 23.5 Å². The van der Waals surface area contributed by atoms with Gasteiger partial charge in [-0.1, -0.05) is 97.0 Å². The summed E-state index contributed by atoms with van der Waals surface area (Å²) in [4.78, 5) is 1.85. The predicted molar refractivity (Wildman–Crippen MR) is 140 cm³/mol. The summed E-state index contributed by atoms with van der Waals surface area (Å²) in [6, 6.07) is 21.3. The molecule has 2 aromatic heterocycles. The van der Waals surface area contributed by atoms with Gasteiger partial charge in [-0.25, -0.2) is 0 Å². The van der Waals surface area contributed by atoms with Crippen molar-refractivity contribution < 1.29 is 10.0 Å². The van der Waals surface area contributed by atoms with E-state index in [1.165, 1.54) is 24.0 Å². The summed E-state index contributed by atoms with van der Waals surface area (Å²) in [5.74, 6) is 2.11. The summed E-state index contributed by atoms with van der Waals surface area (Å²) in [7, 11) is -1.04. The lowest BCUT2D eigenvalue weighted by atomic mass is 9.84. The normalized spacial score (nSPS) is 14.3. The van der Waals surface area contributed by atoms with Crippen LogP contribution in [0, 0.1) is 0 Å². The van der Waals surface area contributed by atoms with Gasteiger partial charge in [0.2, 0.25) is 0 Å². The van der Waals surface area contributed by atoms with Crippen LogP contribution in [0.15, 0.2) is 83.1 Å². The molecule has 2 aliphatic rings. The summed E-state index contributed by atoms with van der Waals surface area (Å²) in [5, 5.41) is 37.5. The topological polar surface area (TPSA) is 113 Å². The van der Waals surface area contributed by atoms with Crippen LogP contribution in [0.2, 0.25) is 5.82 Å². The number of hydrogen-bond acceptors (Lipinski definition) is 8. The monoisotopic (exact) mass is 508 g/mol. The Hall–Kier alpha value is -2.60. The van der Waals surface area contributed by atoms with Gasteiger partial charge >= 0.3 is 7.12 Å². The van der Waals surface area contributed by atoms with Gasteiger partial charge in [0.15, 0.2) is 0 Å². The summed E-state index contributed by atoms with van der Waals surface area (Å²) in [5.41, 5.74) is 2.63. The highest BCUT2D eigenvalue weighted by Crippen LogP contribution is 2.36. The van der Waals surface area contributed by atoms with Crippen LogP contribution in [0.1, 0.15) is 42.9 Å². The fraction of sp³-hybridized carbons (Fsp3) is 0.333. The molecule has 0 unspecified atom stereocenters. The van der Waals surface area contributed by atoms with E-state index in [0.29, 0.717) is 6.04 Å². The third-order valence-corrected chi connectivity index (χ3v) is 7.19. The van der Waals surface area contributed by atoms with E-state index in [9.17, 15) is 0 Å². The molecular weight excluding hydrogens is 479 g/mol. The Bertz CT molecular complexity index is 1110. The van der Waals surface area contributed by atoms with Gasteiger partial charge in [-0.05, 0) is 29.8 Å². The van der Waals surface area contributed by atoms with Gasteiger partial charge in [0.05, 0.1) is 18.4 Å². The van der Waals surface area contributed by atoms with Gasteiger partial charge in [0.1, 0.15) is 10.1 Å². The van der Waals surface area contributed by atoms with Crippen LogP contribution in [-0.2, 0) is 11.5 Å². The predicted octanol–water partition coefficient (Wildman–Crippen LogP) is 4.63. The minimum atomic E-state index is -1.04. The third-order valence-electron chi connectivity index (χ3n) is 5.26. The summed E-state index contributed by atoms with van der Waals surface area (Å²) >= 11 is 3.42. The molecule has 3 N–H and O–H groups in total. The molecule has 2 saturated carbocycles. The fourth-order valence-corrected chi connectivity index (χ4v) is 4.44. The number of aromatic amines is 1. The average Bonchev–Trinajstić information content (AvgIpc) is 3.83. The molecule has 8 nitrogen and oxygen atoms in total. The highest BCUT2D eigenvalue weighted by atomic mass is 32.2. The molecule has 0 spiro atoms. The van der Waals surface area contributed by atoms with E-state index in [-0.39, 0.29) is 5.82 Å². The van der Waals surface area contributed by atoms with Crippen molar-refractivity contribution >= 4 is 30.6 Å². The lowest BCUT2D eigenvalue weighted by molar-refractivity contribution is 0.403. The molecule has 6 rings (SSSR count). The number of aromatic nitrogens is 6. The quantitative estimate of drug-likeness (QED) is 0.233. The van der Waals surface area contributed by atoms with Gasteiger partial charge in [-0.3, -0.25) is 0 Å².